The zero-order valence-corrected chi connectivity index (χ0v) is 30.5. The normalized spacial score (nSPS) is 24.7. The second kappa shape index (κ2) is 13.8. The lowest BCUT2D eigenvalue weighted by Gasteiger charge is -2.38. The first kappa shape index (κ1) is 36.7. The van der Waals surface area contributed by atoms with Gasteiger partial charge < -0.3 is 20.3 Å². The van der Waals surface area contributed by atoms with Crippen LogP contribution in [0.2, 0.25) is 5.02 Å². The third kappa shape index (κ3) is 6.51. The summed E-state index contributed by atoms with van der Waals surface area (Å²) < 4.78 is 95.8. The molecule has 1 amide bonds. The second-order valence-corrected chi connectivity index (χ2v) is 15.8. The Labute approximate surface area is 315 Å². The van der Waals surface area contributed by atoms with Crippen LogP contribution in [0.25, 0.3) is 28.2 Å². The molecule has 2 N–H and O–H groups in total. The van der Waals surface area contributed by atoms with Crippen molar-refractivity contribution in [3.05, 3.63) is 56.5 Å². The van der Waals surface area contributed by atoms with Gasteiger partial charge in [-0.1, -0.05) is 11.6 Å². The van der Waals surface area contributed by atoms with Gasteiger partial charge in [-0.25, -0.2) is 23.1 Å². The molecule has 10 nitrogen and oxygen atoms in total. The maximum absolute atomic E-state index is 16.9. The highest BCUT2D eigenvalue weighted by atomic mass is 35.5. The van der Waals surface area contributed by atoms with Gasteiger partial charge in [0.15, 0.2) is 11.6 Å². The summed E-state index contributed by atoms with van der Waals surface area (Å²) in [6, 6.07) is 1.85. The number of aryl methyl sites for hydroxylation is 1. The number of alkyl halides is 4. The number of hydrogen-bond donors (Lipinski definition) is 1. The number of halogens is 7. The van der Waals surface area contributed by atoms with Crippen LogP contribution in [0.3, 0.4) is 0 Å². The monoisotopic (exact) mass is 792 g/mol. The van der Waals surface area contributed by atoms with Gasteiger partial charge in [0.1, 0.15) is 34.9 Å². The Morgan fingerprint density at radius 3 is 2.74 bits per heavy atom. The minimum atomic E-state index is -4.92. The number of nitrogens with zero attached hydrogens (tertiary/aromatic N) is 7. The van der Waals surface area contributed by atoms with Crippen LogP contribution in [0.1, 0.15) is 48.2 Å². The number of anilines is 2. The number of amides is 1. The lowest BCUT2D eigenvalue weighted by Crippen LogP contribution is -2.48. The molecule has 0 aliphatic carbocycles. The molecule has 1 aromatic carbocycles. The molecular formula is C36H35ClF6N8O2S. The molecule has 7 heterocycles. The molecule has 0 spiro atoms. The Balaban J connectivity index is 1.17. The van der Waals surface area contributed by atoms with Crippen LogP contribution >= 0.6 is 22.9 Å². The topological polar surface area (TPSA) is 114 Å². The molecule has 3 aromatic heterocycles. The van der Waals surface area contributed by atoms with E-state index in [0.717, 1.165) is 18.6 Å². The van der Waals surface area contributed by atoms with Crippen molar-refractivity contribution in [1.82, 2.24) is 29.7 Å². The maximum atomic E-state index is 16.9. The predicted molar refractivity (Wildman–Crippen MR) is 192 cm³/mol. The molecule has 18 heteroatoms. The van der Waals surface area contributed by atoms with Gasteiger partial charge in [-0.3, -0.25) is 9.69 Å². The average Bonchev–Trinajstić information content (AvgIpc) is 3.90. The number of thiazole rings is 1. The molecule has 0 bridgehead atoms. The van der Waals surface area contributed by atoms with E-state index in [1.165, 1.54) is 35.4 Å². The molecular weight excluding hydrogens is 758 g/mol. The number of aromatic nitrogens is 4. The van der Waals surface area contributed by atoms with Gasteiger partial charge in [-0.05, 0) is 62.8 Å². The quantitative estimate of drug-likeness (QED) is 0.153. The number of carbonyl (C=O) groups is 1. The Morgan fingerprint density at radius 2 is 1.98 bits per heavy atom. The number of nitrogens with two attached hydrogens (primary N) is 1. The van der Waals surface area contributed by atoms with Crippen LogP contribution in [0.15, 0.2) is 29.5 Å². The highest BCUT2D eigenvalue weighted by molar-refractivity contribution is 7.10. The molecule has 2 unspecified atom stereocenters. The number of piperidine rings is 1. The fourth-order valence-electron chi connectivity index (χ4n) is 8.81. The molecule has 4 saturated heterocycles. The summed E-state index contributed by atoms with van der Waals surface area (Å²) in [4.78, 5) is 35.6. The molecule has 8 rings (SSSR count). The lowest BCUT2D eigenvalue weighted by molar-refractivity contribution is -0.137. The molecule has 4 aliphatic heterocycles. The summed E-state index contributed by atoms with van der Waals surface area (Å²) in [6.07, 6.45) is -0.520. The maximum Gasteiger partial charge on any atom is 0.418 e. The molecule has 54 heavy (non-hydrogen) atoms. The third-order valence-corrected chi connectivity index (χ3v) is 12.2. The molecule has 4 fully saturated rings. The smallest absolute Gasteiger partial charge is 0.418 e. The minimum Gasteiger partial charge on any atom is -0.461 e. The van der Waals surface area contributed by atoms with Crippen LogP contribution in [-0.4, -0.2) is 92.7 Å². The molecule has 0 radical (unpaired) electrons. The molecule has 4 atom stereocenters. The summed E-state index contributed by atoms with van der Waals surface area (Å²) >= 11 is 7.85. The number of hydrogen-bond acceptors (Lipinski definition) is 10. The van der Waals surface area contributed by atoms with Gasteiger partial charge in [0.05, 0.1) is 27.4 Å². The highest BCUT2D eigenvalue weighted by Gasteiger charge is 2.50. The van der Waals surface area contributed by atoms with E-state index < -0.39 is 52.3 Å². The highest BCUT2D eigenvalue weighted by Crippen LogP contribution is 2.46. The van der Waals surface area contributed by atoms with Crippen molar-refractivity contribution < 1.29 is 35.9 Å². The zero-order valence-electron chi connectivity index (χ0n) is 29.0. The summed E-state index contributed by atoms with van der Waals surface area (Å²) in [5.74, 6) is -2.94. The first-order valence-electron chi connectivity index (χ1n) is 17.6. The number of likely N-dealkylation sites (tertiary alicyclic amines) is 1. The van der Waals surface area contributed by atoms with Crippen LogP contribution in [0.5, 0.6) is 6.01 Å². The van der Waals surface area contributed by atoms with Crippen molar-refractivity contribution in [3.8, 4) is 17.3 Å². The number of carbonyl (C=O) groups excluding carboxylic acids is 1. The SMILES string of the molecule is Cc1cc(N)nc(-c2c(Cl)cc3c(N4CCC5C(CCN5C(=O)/C(F)=C/c5nccs5)C4)nc(OC[C@]45CCCN4C[C@H](F)C5)nc3c2F)c1C(F)(F)F. The Hall–Kier alpha value is -4.22. The van der Waals surface area contributed by atoms with Crippen molar-refractivity contribution in [1.29, 1.82) is 0 Å². The van der Waals surface area contributed by atoms with Crippen molar-refractivity contribution in [2.75, 3.05) is 50.0 Å². The Bertz CT molecular complexity index is 2160. The summed E-state index contributed by atoms with van der Waals surface area (Å²) in [6.45, 7) is 3.19. The fraction of sp³-hybridized carbons (Fsp3) is 0.472. The summed E-state index contributed by atoms with van der Waals surface area (Å²) in [7, 11) is 0. The number of fused-ring (bicyclic) bond motifs is 3. The Kier molecular flexibility index (Phi) is 9.40. The summed E-state index contributed by atoms with van der Waals surface area (Å²) in [5.41, 5.74) is 2.06. The number of pyridine rings is 1. The van der Waals surface area contributed by atoms with Gasteiger partial charge in [0.2, 0.25) is 0 Å². The van der Waals surface area contributed by atoms with Gasteiger partial charge >= 0.3 is 12.2 Å². The van der Waals surface area contributed by atoms with Gasteiger partial charge in [-0.2, -0.15) is 23.1 Å². The van der Waals surface area contributed by atoms with Gasteiger partial charge in [0, 0.05) is 61.7 Å². The zero-order chi connectivity index (χ0) is 38.1. The second-order valence-electron chi connectivity index (χ2n) is 14.4. The van der Waals surface area contributed by atoms with Crippen molar-refractivity contribution >= 4 is 57.5 Å². The first-order chi connectivity index (χ1) is 25.7. The molecule has 4 aliphatic rings. The van der Waals surface area contributed by atoms with E-state index in [1.54, 1.807) is 5.38 Å². The van der Waals surface area contributed by atoms with E-state index in [0.29, 0.717) is 50.4 Å². The van der Waals surface area contributed by atoms with Gasteiger partial charge in [-0.15, -0.1) is 11.3 Å². The third-order valence-electron chi connectivity index (χ3n) is 11.1. The molecule has 4 aromatic rings. The number of nitrogen functional groups attached to an aromatic ring is 1. The van der Waals surface area contributed by atoms with E-state index in [-0.39, 0.29) is 70.7 Å². The summed E-state index contributed by atoms with van der Waals surface area (Å²) in [5, 5.41) is 1.82. The lowest BCUT2D eigenvalue weighted by atomic mass is 9.92. The molecule has 286 valence electrons. The van der Waals surface area contributed by atoms with Crippen LogP contribution in [0.4, 0.5) is 38.0 Å². The van der Waals surface area contributed by atoms with Crippen LogP contribution in [0, 0.1) is 18.7 Å². The molecule has 0 saturated carbocycles. The largest absolute Gasteiger partial charge is 0.461 e. The number of rotatable bonds is 7. The predicted octanol–water partition coefficient (Wildman–Crippen LogP) is 7.24. The van der Waals surface area contributed by atoms with Crippen molar-refractivity contribution in [2.45, 2.75) is 63.0 Å². The van der Waals surface area contributed by atoms with E-state index in [1.807, 2.05) is 9.80 Å². The minimum absolute atomic E-state index is 0.0243. The Morgan fingerprint density at radius 1 is 1.17 bits per heavy atom. The van der Waals surface area contributed by atoms with E-state index in [4.69, 9.17) is 27.1 Å². The standard InChI is InChI=1S/C36H35ClF6N8O2S/c1-18-11-25(44)46-31(28(18)36(41,42)43)27-22(37)12-21-30(29(27)40)47-34(53-17-35-5-2-7-50(35)16-20(38)14-35)48-32(21)49-8-4-24-19(15-49)3-9-51(24)33(52)23(39)13-26-45-6-10-54-26/h6,10-13,19-20,24H,2-5,7-9,14-17H2,1H3,(H2,44,46)/b23-13-/t19?,20-,24?,35-/m1/s1. The van der Waals surface area contributed by atoms with Crippen LogP contribution < -0.4 is 15.4 Å². The number of ether oxygens (including phenoxy) is 1. The first-order valence-corrected chi connectivity index (χ1v) is 18.9. The van der Waals surface area contributed by atoms with E-state index >= 15 is 8.78 Å². The van der Waals surface area contributed by atoms with Crippen molar-refractivity contribution in [2.24, 2.45) is 5.92 Å². The number of benzene rings is 1. The van der Waals surface area contributed by atoms with E-state index in [2.05, 4.69) is 15.0 Å². The van der Waals surface area contributed by atoms with Crippen LogP contribution in [-0.2, 0) is 11.0 Å². The van der Waals surface area contributed by atoms with Gasteiger partial charge in [0.25, 0.3) is 5.91 Å². The fourth-order valence-corrected chi connectivity index (χ4v) is 9.65. The average molecular weight is 793 g/mol. The van der Waals surface area contributed by atoms with E-state index in [9.17, 15) is 22.4 Å². The van der Waals surface area contributed by atoms with Crippen molar-refractivity contribution in [3.63, 3.8) is 0 Å².